The number of nitrogens with zero attached hydrogens (tertiary/aromatic N) is 2. The quantitative estimate of drug-likeness (QED) is 0.511. The summed E-state index contributed by atoms with van der Waals surface area (Å²) in [6.45, 7) is 2.00. The van der Waals surface area contributed by atoms with Crippen LogP contribution in [-0.4, -0.2) is 27.5 Å². The Balaban J connectivity index is 2.56. The lowest BCUT2D eigenvalue weighted by molar-refractivity contribution is -0.384. The topological polar surface area (TPSA) is 131 Å². The molecule has 1 heterocycles. The molecular weight excluding hydrogens is 240 g/mol. The maximum atomic E-state index is 10.6. The summed E-state index contributed by atoms with van der Waals surface area (Å²) in [5.74, 6) is -1.12. The normalized spacial score (nSPS) is 11.8. The van der Waals surface area contributed by atoms with Crippen LogP contribution in [0.2, 0.25) is 0 Å². The van der Waals surface area contributed by atoms with Gasteiger partial charge in [0, 0.05) is 12.6 Å². The van der Waals surface area contributed by atoms with Crippen LogP contribution in [-0.2, 0) is 4.79 Å². The smallest absolute Gasteiger partial charge is 0.311 e. The second kappa shape index (κ2) is 5.80. The fraction of sp³-hybridized carbons (Fsp3) is 0.400. The van der Waals surface area contributed by atoms with E-state index in [0.717, 1.165) is 0 Å². The van der Waals surface area contributed by atoms with Crippen molar-refractivity contribution in [3.63, 3.8) is 0 Å². The molecule has 0 amide bonds. The molecule has 1 aromatic heterocycles. The first-order valence-corrected chi connectivity index (χ1v) is 5.29. The number of rotatable bonds is 6. The number of carbonyl (C=O) groups is 1. The van der Waals surface area contributed by atoms with Gasteiger partial charge in [-0.25, -0.2) is 4.98 Å². The number of anilines is 2. The molecule has 0 aliphatic rings. The summed E-state index contributed by atoms with van der Waals surface area (Å²) in [7, 11) is 0. The number of aromatic nitrogens is 1. The highest BCUT2D eigenvalue weighted by Gasteiger charge is 2.13. The first-order valence-electron chi connectivity index (χ1n) is 5.29. The summed E-state index contributed by atoms with van der Waals surface area (Å²) in [6.07, 6.45) is 0.425. The SMILES string of the molecule is CC(CCNc1ccc([N+](=O)[O-])c(N)n1)C(=O)O. The van der Waals surface area contributed by atoms with Gasteiger partial charge in [-0.3, -0.25) is 14.9 Å². The summed E-state index contributed by atoms with van der Waals surface area (Å²) in [5.41, 5.74) is 5.16. The Hall–Kier alpha value is -2.38. The van der Waals surface area contributed by atoms with Crippen molar-refractivity contribution < 1.29 is 14.8 Å². The van der Waals surface area contributed by atoms with Crippen LogP contribution in [0.4, 0.5) is 17.3 Å². The highest BCUT2D eigenvalue weighted by atomic mass is 16.6. The van der Waals surface area contributed by atoms with Crippen LogP contribution < -0.4 is 11.1 Å². The molecule has 1 aromatic rings. The third kappa shape index (κ3) is 3.58. The van der Waals surface area contributed by atoms with Gasteiger partial charge in [0.1, 0.15) is 5.82 Å². The molecule has 0 fully saturated rings. The number of hydrogen-bond acceptors (Lipinski definition) is 6. The second-order valence-corrected chi connectivity index (χ2v) is 3.81. The van der Waals surface area contributed by atoms with E-state index in [2.05, 4.69) is 10.3 Å². The zero-order chi connectivity index (χ0) is 13.7. The molecule has 1 rings (SSSR count). The lowest BCUT2D eigenvalue weighted by Gasteiger charge is -2.08. The lowest BCUT2D eigenvalue weighted by atomic mass is 10.1. The predicted molar refractivity (Wildman–Crippen MR) is 65.2 cm³/mol. The van der Waals surface area contributed by atoms with E-state index in [0.29, 0.717) is 18.8 Å². The Morgan fingerprint density at radius 3 is 2.83 bits per heavy atom. The van der Waals surface area contributed by atoms with Gasteiger partial charge in [-0.05, 0) is 12.5 Å². The number of pyridine rings is 1. The average Bonchev–Trinajstić information content (AvgIpc) is 2.28. The van der Waals surface area contributed by atoms with Crippen molar-refractivity contribution in [3.8, 4) is 0 Å². The molecular formula is C10H14N4O4. The molecule has 0 bridgehead atoms. The van der Waals surface area contributed by atoms with Crippen molar-refractivity contribution in [2.75, 3.05) is 17.6 Å². The molecule has 0 radical (unpaired) electrons. The van der Waals surface area contributed by atoms with Gasteiger partial charge in [-0.2, -0.15) is 0 Å². The van der Waals surface area contributed by atoms with Gasteiger partial charge in [-0.15, -0.1) is 0 Å². The number of nitrogens with one attached hydrogen (secondary N) is 1. The Labute approximate surface area is 103 Å². The summed E-state index contributed by atoms with van der Waals surface area (Å²) < 4.78 is 0. The van der Waals surface area contributed by atoms with Crippen molar-refractivity contribution >= 4 is 23.3 Å². The van der Waals surface area contributed by atoms with Crippen LogP contribution in [0.25, 0.3) is 0 Å². The minimum absolute atomic E-state index is 0.170. The minimum atomic E-state index is -0.868. The van der Waals surface area contributed by atoms with E-state index in [-0.39, 0.29) is 11.5 Å². The predicted octanol–water partition coefficient (Wildman–Crippen LogP) is 1.09. The molecule has 98 valence electrons. The Bertz CT molecular complexity index is 463. The first-order chi connectivity index (χ1) is 8.41. The first kappa shape index (κ1) is 13.7. The van der Waals surface area contributed by atoms with E-state index in [1.54, 1.807) is 6.92 Å². The maximum absolute atomic E-state index is 10.6. The molecule has 8 nitrogen and oxygen atoms in total. The van der Waals surface area contributed by atoms with E-state index >= 15 is 0 Å². The van der Waals surface area contributed by atoms with E-state index in [1.807, 2.05) is 0 Å². The molecule has 1 atom stereocenters. The molecule has 0 aliphatic carbocycles. The fourth-order valence-electron chi connectivity index (χ4n) is 1.26. The molecule has 0 aliphatic heterocycles. The number of hydrogen-bond donors (Lipinski definition) is 3. The molecule has 0 saturated carbocycles. The number of nitrogen functional groups attached to an aromatic ring is 1. The molecule has 18 heavy (non-hydrogen) atoms. The zero-order valence-corrected chi connectivity index (χ0v) is 9.79. The Morgan fingerprint density at radius 1 is 1.67 bits per heavy atom. The van der Waals surface area contributed by atoms with Gasteiger partial charge < -0.3 is 16.2 Å². The van der Waals surface area contributed by atoms with Crippen molar-refractivity contribution in [3.05, 3.63) is 22.2 Å². The van der Waals surface area contributed by atoms with Gasteiger partial charge in [-0.1, -0.05) is 6.92 Å². The highest BCUT2D eigenvalue weighted by molar-refractivity contribution is 5.69. The van der Waals surface area contributed by atoms with Crippen LogP contribution in [0.5, 0.6) is 0 Å². The third-order valence-electron chi connectivity index (χ3n) is 2.40. The van der Waals surface area contributed by atoms with Gasteiger partial charge >= 0.3 is 11.7 Å². The molecule has 1 unspecified atom stereocenters. The average molecular weight is 254 g/mol. The fourth-order valence-corrected chi connectivity index (χ4v) is 1.26. The number of nitrogens with two attached hydrogens (primary N) is 1. The van der Waals surface area contributed by atoms with Gasteiger partial charge in [0.15, 0.2) is 0 Å². The number of nitro groups is 1. The van der Waals surface area contributed by atoms with Crippen LogP contribution in [0.15, 0.2) is 12.1 Å². The largest absolute Gasteiger partial charge is 0.481 e. The summed E-state index contributed by atoms with van der Waals surface area (Å²) in [5, 5.41) is 22.1. The third-order valence-corrected chi connectivity index (χ3v) is 2.40. The highest BCUT2D eigenvalue weighted by Crippen LogP contribution is 2.20. The zero-order valence-electron chi connectivity index (χ0n) is 9.79. The van der Waals surface area contributed by atoms with Crippen LogP contribution >= 0.6 is 0 Å². The Kier molecular flexibility index (Phi) is 4.41. The van der Waals surface area contributed by atoms with E-state index < -0.39 is 16.8 Å². The summed E-state index contributed by atoms with van der Waals surface area (Å²) >= 11 is 0. The number of aliphatic carboxylic acids is 1. The maximum Gasteiger partial charge on any atom is 0.311 e. The summed E-state index contributed by atoms with van der Waals surface area (Å²) in [4.78, 5) is 24.3. The van der Waals surface area contributed by atoms with Gasteiger partial charge in [0.2, 0.25) is 5.82 Å². The van der Waals surface area contributed by atoms with Crippen molar-refractivity contribution in [2.45, 2.75) is 13.3 Å². The van der Waals surface area contributed by atoms with Crippen molar-refractivity contribution in [2.24, 2.45) is 5.92 Å². The van der Waals surface area contributed by atoms with Crippen LogP contribution in [0, 0.1) is 16.0 Å². The van der Waals surface area contributed by atoms with Gasteiger partial charge in [0.25, 0.3) is 0 Å². The number of carboxylic acids is 1. The van der Waals surface area contributed by atoms with Gasteiger partial charge in [0.05, 0.1) is 10.8 Å². The second-order valence-electron chi connectivity index (χ2n) is 3.81. The van der Waals surface area contributed by atoms with E-state index in [9.17, 15) is 14.9 Å². The minimum Gasteiger partial charge on any atom is -0.481 e. The van der Waals surface area contributed by atoms with Crippen molar-refractivity contribution in [1.82, 2.24) is 4.98 Å². The van der Waals surface area contributed by atoms with Crippen LogP contribution in [0.3, 0.4) is 0 Å². The molecule has 0 aromatic carbocycles. The van der Waals surface area contributed by atoms with E-state index in [4.69, 9.17) is 10.8 Å². The van der Waals surface area contributed by atoms with Crippen molar-refractivity contribution in [1.29, 1.82) is 0 Å². The van der Waals surface area contributed by atoms with E-state index in [1.165, 1.54) is 12.1 Å². The number of carboxylic acid groups (broad SMARTS) is 1. The Morgan fingerprint density at radius 2 is 2.33 bits per heavy atom. The molecule has 0 spiro atoms. The summed E-state index contributed by atoms with van der Waals surface area (Å²) in [6, 6.07) is 2.69. The molecule has 0 saturated heterocycles. The molecule has 4 N–H and O–H groups in total. The van der Waals surface area contributed by atoms with Crippen LogP contribution in [0.1, 0.15) is 13.3 Å². The standard InChI is InChI=1S/C10H14N4O4/c1-6(10(15)16)4-5-12-8-3-2-7(14(17)18)9(11)13-8/h2-3,6H,4-5H2,1H3,(H,15,16)(H3,11,12,13). The lowest BCUT2D eigenvalue weighted by Crippen LogP contribution is -2.15. The monoisotopic (exact) mass is 254 g/mol. The molecule has 8 heteroatoms.